The van der Waals surface area contributed by atoms with Crippen LogP contribution in [0.25, 0.3) is 0 Å². The summed E-state index contributed by atoms with van der Waals surface area (Å²) in [6.45, 7) is 11.8. The molecule has 16 heavy (non-hydrogen) atoms. The number of likely N-dealkylation sites (N-methyl/N-ethyl adjacent to an activating group) is 1. The van der Waals surface area contributed by atoms with Crippen LogP contribution in [0, 0.1) is 0 Å². The molecular weight excluding hydrogens is 202 g/mol. The Morgan fingerprint density at radius 3 is 2.25 bits per heavy atom. The first kappa shape index (κ1) is 15.4. The summed E-state index contributed by atoms with van der Waals surface area (Å²) in [6.07, 6.45) is 2.96. The number of hydrogen-bond acceptors (Lipinski definition) is 3. The Morgan fingerprint density at radius 1 is 1.25 bits per heavy atom. The summed E-state index contributed by atoms with van der Waals surface area (Å²) in [5.41, 5.74) is 0. The third-order valence-electron chi connectivity index (χ3n) is 3.04. The molecule has 0 aromatic carbocycles. The van der Waals surface area contributed by atoms with E-state index in [1.807, 2.05) is 6.92 Å². The van der Waals surface area contributed by atoms with Crippen LogP contribution in [0.3, 0.4) is 0 Å². The maximum Gasteiger partial charge on any atom is 0.323 e. The molecule has 0 saturated carbocycles. The van der Waals surface area contributed by atoms with Gasteiger partial charge in [0.25, 0.3) is 0 Å². The van der Waals surface area contributed by atoms with Gasteiger partial charge >= 0.3 is 5.97 Å². The minimum Gasteiger partial charge on any atom is -0.465 e. The quantitative estimate of drug-likeness (QED) is 0.599. The summed E-state index contributed by atoms with van der Waals surface area (Å²) in [4.78, 5) is 14.1. The van der Waals surface area contributed by atoms with Crippen molar-refractivity contribution in [2.24, 2.45) is 0 Å². The molecule has 0 spiro atoms. The highest BCUT2D eigenvalue weighted by Crippen LogP contribution is 2.14. The van der Waals surface area contributed by atoms with Gasteiger partial charge in [0.1, 0.15) is 6.04 Å². The molecule has 0 rings (SSSR count). The maximum absolute atomic E-state index is 11.9. The molecule has 3 nitrogen and oxygen atoms in total. The first-order valence-corrected chi connectivity index (χ1v) is 6.54. The van der Waals surface area contributed by atoms with Gasteiger partial charge in [-0.2, -0.15) is 0 Å². The third-order valence-corrected chi connectivity index (χ3v) is 3.04. The normalized spacial score (nSPS) is 14.9. The van der Waals surface area contributed by atoms with Crippen molar-refractivity contribution < 1.29 is 9.53 Å². The van der Waals surface area contributed by atoms with Crippen LogP contribution in [0.1, 0.15) is 53.9 Å². The molecule has 0 bridgehead atoms. The summed E-state index contributed by atoms with van der Waals surface area (Å²) in [7, 11) is 0. The monoisotopic (exact) mass is 229 g/mol. The standard InChI is InChI=1S/C13H27NO2/c1-6-10-12(13(15)16-9-4)14(8-3)11(5)7-2/h11-12H,6-10H2,1-5H3. The molecule has 0 heterocycles. The fourth-order valence-corrected chi connectivity index (χ4v) is 2.00. The van der Waals surface area contributed by atoms with Crippen LogP contribution < -0.4 is 0 Å². The summed E-state index contributed by atoms with van der Waals surface area (Å²) < 4.78 is 5.15. The molecule has 0 N–H and O–H groups in total. The van der Waals surface area contributed by atoms with Crippen LogP contribution in [0.15, 0.2) is 0 Å². The lowest BCUT2D eigenvalue weighted by Crippen LogP contribution is -2.46. The van der Waals surface area contributed by atoms with Gasteiger partial charge in [0.05, 0.1) is 6.61 Å². The van der Waals surface area contributed by atoms with Crippen molar-refractivity contribution >= 4 is 5.97 Å². The molecular formula is C13H27NO2. The first-order chi connectivity index (χ1) is 7.62. The van der Waals surface area contributed by atoms with Gasteiger partial charge in [-0.05, 0) is 33.2 Å². The number of carbonyl (C=O) groups excluding carboxylic acids is 1. The van der Waals surface area contributed by atoms with Crippen LogP contribution in [-0.4, -0.2) is 36.1 Å². The van der Waals surface area contributed by atoms with Gasteiger partial charge in [0, 0.05) is 6.04 Å². The number of nitrogens with zero attached hydrogens (tertiary/aromatic N) is 1. The van der Waals surface area contributed by atoms with Gasteiger partial charge in [-0.1, -0.05) is 27.2 Å². The molecule has 0 aliphatic carbocycles. The predicted molar refractivity (Wildman–Crippen MR) is 67.5 cm³/mol. The molecule has 0 aromatic rings. The van der Waals surface area contributed by atoms with Crippen molar-refractivity contribution in [3.8, 4) is 0 Å². The molecule has 2 unspecified atom stereocenters. The van der Waals surface area contributed by atoms with Crippen LogP contribution >= 0.6 is 0 Å². The second-order valence-corrected chi connectivity index (χ2v) is 4.14. The molecule has 0 fully saturated rings. The molecule has 0 aliphatic heterocycles. The van der Waals surface area contributed by atoms with Crippen molar-refractivity contribution in [1.29, 1.82) is 0 Å². The van der Waals surface area contributed by atoms with E-state index in [9.17, 15) is 4.79 Å². The number of rotatable bonds is 8. The highest BCUT2D eigenvalue weighted by Gasteiger charge is 2.27. The third kappa shape index (κ3) is 4.52. The number of hydrogen-bond donors (Lipinski definition) is 0. The van der Waals surface area contributed by atoms with E-state index in [1.54, 1.807) is 0 Å². The van der Waals surface area contributed by atoms with Crippen LogP contribution in [-0.2, 0) is 9.53 Å². The smallest absolute Gasteiger partial charge is 0.323 e. The fourth-order valence-electron chi connectivity index (χ4n) is 2.00. The van der Waals surface area contributed by atoms with Crippen LogP contribution in [0.2, 0.25) is 0 Å². The van der Waals surface area contributed by atoms with Crippen molar-refractivity contribution in [3.05, 3.63) is 0 Å². The summed E-state index contributed by atoms with van der Waals surface area (Å²) >= 11 is 0. The zero-order valence-electron chi connectivity index (χ0n) is 11.5. The topological polar surface area (TPSA) is 29.5 Å². The van der Waals surface area contributed by atoms with Gasteiger partial charge in [0.2, 0.25) is 0 Å². The summed E-state index contributed by atoms with van der Waals surface area (Å²) in [5.74, 6) is -0.0634. The summed E-state index contributed by atoms with van der Waals surface area (Å²) in [6, 6.07) is 0.371. The average molecular weight is 229 g/mol. The Bertz CT molecular complexity index is 194. The van der Waals surface area contributed by atoms with Gasteiger partial charge < -0.3 is 4.74 Å². The van der Waals surface area contributed by atoms with E-state index >= 15 is 0 Å². The van der Waals surface area contributed by atoms with Crippen LogP contribution in [0.4, 0.5) is 0 Å². The van der Waals surface area contributed by atoms with E-state index in [0.717, 1.165) is 25.8 Å². The van der Waals surface area contributed by atoms with Gasteiger partial charge in [-0.25, -0.2) is 0 Å². The van der Waals surface area contributed by atoms with Crippen molar-refractivity contribution in [2.75, 3.05) is 13.2 Å². The van der Waals surface area contributed by atoms with Gasteiger partial charge in [-0.15, -0.1) is 0 Å². The van der Waals surface area contributed by atoms with Crippen molar-refractivity contribution in [1.82, 2.24) is 4.90 Å². The second-order valence-electron chi connectivity index (χ2n) is 4.14. The molecule has 96 valence electrons. The first-order valence-electron chi connectivity index (χ1n) is 6.54. The van der Waals surface area contributed by atoms with E-state index in [-0.39, 0.29) is 12.0 Å². The number of ether oxygens (including phenoxy) is 1. The Hall–Kier alpha value is -0.570. The zero-order valence-corrected chi connectivity index (χ0v) is 11.5. The lowest BCUT2D eigenvalue weighted by Gasteiger charge is -2.33. The van der Waals surface area contributed by atoms with Crippen LogP contribution in [0.5, 0.6) is 0 Å². The molecule has 0 aliphatic rings. The molecule has 0 aromatic heterocycles. The van der Waals surface area contributed by atoms with Crippen molar-refractivity contribution in [3.63, 3.8) is 0 Å². The van der Waals surface area contributed by atoms with E-state index in [0.29, 0.717) is 12.6 Å². The van der Waals surface area contributed by atoms with Gasteiger partial charge in [0.15, 0.2) is 0 Å². The molecule has 0 amide bonds. The average Bonchev–Trinajstić information content (AvgIpc) is 2.28. The Kier molecular flexibility index (Phi) is 8.26. The predicted octanol–water partition coefficient (Wildman–Crippen LogP) is 2.84. The Morgan fingerprint density at radius 2 is 1.88 bits per heavy atom. The van der Waals surface area contributed by atoms with E-state index < -0.39 is 0 Å². The second kappa shape index (κ2) is 8.57. The molecule has 2 atom stereocenters. The van der Waals surface area contributed by atoms with E-state index in [4.69, 9.17) is 4.74 Å². The minimum absolute atomic E-state index is 0.0634. The zero-order chi connectivity index (χ0) is 12.6. The lowest BCUT2D eigenvalue weighted by molar-refractivity contribution is -0.150. The SMILES string of the molecule is CCCC(C(=O)OCC)N(CC)C(C)CC. The highest BCUT2D eigenvalue weighted by molar-refractivity contribution is 5.75. The lowest BCUT2D eigenvalue weighted by atomic mass is 10.1. The fraction of sp³-hybridized carbons (Fsp3) is 0.923. The molecule has 0 saturated heterocycles. The summed E-state index contributed by atoms with van der Waals surface area (Å²) in [5, 5.41) is 0. The molecule has 0 radical (unpaired) electrons. The van der Waals surface area contributed by atoms with E-state index in [2.05, 4.69) is 32.6 Å². The largest absolute Gasteiger partial charge is 0.465 e. The van der Waals surface area contributed by atoms with Gasteiger partial charge in [-0.3, -0.25) is 9.69 Å². The molecule has 3 heteroatoms. The maximum atomic E-state index is 11.9. The van der Waals surface area contributed by atoms with E-state index in [1.165, 1.54) is 0 Å². The van der Waals surface area contributed by atoms with Crippen molar-refractivity contribution in [2.45, 2.75) is 66.0 Å². The highest BCUT2D eigenvalue weighted by atomic mass is 16.5. The minimum atomic E-state index is -0.0649. The number of esters is 1. The number of carbonyl (C=O) groups is 1. The Balaban J connectivity index is 4.63. The Labute approximate surface area is 100 Å².